The van der Waals surface area contributed by atoms with Gasteiger partial charge >= 0.3 is 0 Å². The number of benzene rings is 1. The summed E-state index contributed by atoms with van der Waals surface area (Å²) in [5, 5.41) is 2.80. The van der Waals surface area contributed by atoms with Gasteiger partial charge < -0.3 is 14.8 Å². The fraction of sp³-hybridized carbons (Fsp3) is 0.267. The molecule has 6 heteroatoms. The van der Waals surface area contributed by atoms with Gasteiger partial charge in [-0.3, -0.25) is 9.78 Å². The fourth-order valence-corrected chi connectivity index (χ4v) is 1.89. The van der Waals surface area contributed by atoms with Crippen molar-refractivity contribution < 1.29 is 14.3 Å². The molecule has 0 spiro atoms. The molecule has 1 aromatic heterocycles. The van der Waals surface area contributed by atoms with E-state index in [0.717, 1.165) is 17.1 Å². The number of hydrogen-bond donors (Lipinski definition) is 1. The molecule has 0 saturated carbocycles. The molecule has 0 unspecified atom stereocenters. The van der Waals surface area contributed by atoms with E-state index in [1.54, 1.807) is 14.2 Å². The lowest BCUT2D eigenvalue weighted by Gasteiger charge is -2.11. The second kappa shape index (κ2) is 7.23. The number of nitrogens with zero attached hydrogens (tertiary/aromatic N) is 2. The van der Waals surface area contributed by atoms with E-state index in [1.165, 1.54) is 18.6 Å². The minimum atomic E-state index is -0.245. The van der Waals surface area contributed by atoms with Gasteiger partial charge in [0.15, 0.2) is 0 Å². The molecule has 0 aliphatic rings. The number of rotatable bonds is 6. The van der Waals surface area contributed by atoms with Crippen molar-refractivity contribution in [3.05, 3.63) is 48.0 Å². The van der Waals surface area contributed by atoms with Gasteiger partial charge in [-0.2, -0.15) is 0 Å². The van der Waals surface area contributed by atoms with Crippen molar-refractivity contribution in [1.29, 1.82) is 0 Å². The summed E-state index contributed by atoms with van der Waals surface area (Å²) < 4.78 is 10.5. The van der Waals surface area contributed by atoms with Gasteiger partial charge in [0, 0.05) is 18.9 Å². The maximum absolute atomic E-state index is 11.8. The van der Waals surface area contributed by atoms with E-state index in [4.69, 9.17) is 9.47 Å². The number of methoxy groups -OCH3 is 2. The molecule has 2 aromatic rings. The third-order valence-corrected chi connectivity index (χ3v) is 2.96. The molecular weight excluding hydrogens is 270 g/mol. The summed E-state index contributed by atoms with van der Waals surface area (Å²) in [5.74, 6) is 1.28. The number of amides is 1. The maximum atomic E-state index is 11.8. The highest BCUT2D eigenvalue weighted by Crippen LogP contribution is 2.24. The molecule has 0 bridgehead atoms. The van der Waals surface area contributed by atoms with E-state index in [0.29, 0.717) is 18.7 Å². The number of ether oxygens (including phenoxy) is 2. The van der Waals surface area contributed by atoms with Crippen molar-refractivity contribution in [1.82, 2.24) is 15.3 Å². The average Bonchev–Trinajstić information content (AvgIpc) is 2.55. The van der Waals surface area contributed by atoms with Crippen LogP contribution in [0, 0.1) is 0 Å². The topological polar surface area (TPSA) is 73.3 Å². The second-order valence-electron chi connectivity index (χ2n) is 4.27. The van der Waals surface area contributed by atoms with E-state index >= 15 is 0 Å². The van der Waals surface area contributed by atoms with Crippen LogP contribution in [-0.2, 0) is 6.42 Å². The van der Waals surface area contributed by atoms with E-state index in [1.807, 2.05) is 18.2 Å². The number of nitrogens with one attached hydrogen (secondary N) is 1. The van der Waals surface area contributed by atoms with Gasteiger partial charge in [0.1, 0.15) is 17.2 Å². The standard InChI is InChI=1S/C15H17N3O3/c1-20-12-3-4-14(21-2)11(9-12)5-6-18-15(19)13-10-16-7-8-17-13/h3-4,7-10H,5-6H2,1-2H3,(H,18,19). The Morgan fingerprint density at radius 1 is 1.24 bits per heavy atom. The first-order valence-corrected chi connectivity index (χ1v) is 6.49. The zero-order chi connectivity index (χ0) is 15.1. The molecule has 1 heterocycles. The molecule has 0 atom stereocenters. The van der Waals surface area contributed by atoms with Crippen LogP contribution < -0.4 is 14.8 Å². The van der Waals surface area contributed by atoms with E-state index in [9.17, 15) is 4.79 Å². The molecule has 6 nitrogen and oxygen atoms in total. The third-order valence-electron chi connectivity index (χ3n) is 2.96. The molecule has 0 radical (unpaired) electrons. The predicted molar refractivity (Wildman–Crippen MR) is 77.6 cm³/mol. The Kier molecular flexibility index (Phi) is 5.09. The molecule has 0 aliphatic carbocycles. The molecule has 110 valence electrons. The summed E-state index contributed by atoms with van der Waals surface area (Å²) in [6.07, 6.45) is 5.08. The normalized spacial score (nSPS) is 10.0. The Hall–Kier alpha value is -2.63. The summed E-state index contributed by atoms with van der Waals surface area (Å²) in [5.41, 5.74) is 1.27. The van der Waals surface area contributed by atoms with Gasteiger partial charge in [0.2, 0.25) is 0 Å². The van der Waals surface area contributed by atoms with Crippen LogP contribution in [0.25, 0.3) is 0 Å². The van der Waals surface area contributed by atoms with Crippen LogP contribution >= 0.6 is 0 Å². The zero-order valence-corrected chi connectivity index (χ0v) is 12.0. The Morgan fingerprint density at radius 2 is 2.10 bits per heavy atom. The molecule has 1 N–H and O–H groups in total. The third kappa shape index (κ3) is 3.92. The predicted octanol–water partition coefficient (Wildman–Crippen LogP) is 1.47. The van der Waals surface area contributed by atoms with E-state index < -0.39 is 0 Å². The van der Waals surface area contributed by atoms with E-state index in [-0.39, 0.29) is 5.91 Å². The van der Waals surface area contributed by atoms with Gasteiger partial charge in [0.25, 0.3) is 5.91 Å². The average molecular weight is 287 g/mol. The number of hydrogen-bond acceptors (Lipinski definition) is 5. The highest BCUT2D eigenvalue weighted by atomic mass is 16.5. The molecule has 1 aromatic carbocycles. The fourth-order valence-electron chi connectivity index (χ4n) is 1.89. The van der Waals surface area contributed by atoms with Gasteiger partial charge in [-0.05, 0) is 30.2 Å². The van der Waals surface area contributed by atoms with Crippen LogP contribution in [-0.4, -0.2) is 36.6 Å². The van der Waals surface area contributed by atoms with Gasteiger partial charge in [0.05, 0.1) is 20.4 Å². The maximum Gasteiger partial charge on any atom is 0.271 e. The lowest BCUT2D eigenvalue weighted by atomic mass is 10.1. The molecule has 21 heavy (non-hydrogen) atoms. The zero-order valence-electron chi connectivity index (χ0n) is 12.0. The molecular formula is C15H17N3O3. The molecule has 1 amide bonds. The summed E-state index contributed by atoms with van der Waals surface area (Å²) in [7, 11) is 3.23. The van der Waals surface area contributed by atoms with E-state index in [2.05, 4.69) is 15.3 Å². The van der Waals surface area contributed by atoms with Crippen LogP contribution in [0.15, 0.2) is 36.8 Å². The number of carbonyl (C=O) groups excluding carboxylic acids is 1. The Morgan fingerprint density at radius 3 is 2.76 bits per heavy atom. The van der Waals surface area contributed by atoms with Crippen LogP contribution in [0.3, 0.4) is 0 Å². The first-order chi connectivity index (χ1) is 10.2. The van der Waals surface area contributed by atoms with Crippen LogP contribution in [0.5, 0.6) is 11.5 Å². The van der Waals surface area contributed by atoms with Crippen molar-refractivity contribution in [3.8, 4) is 11.5 Å². The lowest BCUT2D eigenvalue weighted by Crippen LogP contribution is -2.26. The summed E-state index contributed by atoms with van der Waals surface area (Å²) in [4.78, 5) is 19.7. The van der Waals surface area contributed by atoms with Gasteiger partial charge in [-0.15, -0.1) is 0 Å². The van der Waals surface area contributed by atoms with Gasteiger partial charge in [-0.1, -0.05) is 0 Å². The van der Waals surface area contributed by atoms with Gasteiger partial charge in [-0.25, -0.2) is 4.98 Å². The van der Waals surface area contributed by atoms with Crippen molar-refractivity contribution in [2.75, 3.05) is 20.8 Å². The summed E-state index contributed by atoms with van der Waals surface area (Å²) in [6, 6.07) is 5.58. The van der Waals surface area contributed by atoms with Crippen LogP contribution in [0.1, 0.15) is 16.1 Å². The highest BCUT2D eigenvalue weighted by molar-refractivity contribution is 5.91. The monoisotopic (exact) mass is 287 g/mol. The first-order valence-electron chi connectivity index (χ1n) is 6.49. The smallest absolute Gasteiger partial charge is 0.271 e. The van der Waals surface area contributed by atoms with Crippen LogP contribution in [0.4, 0.5) is 0 Å². The van der Waals surface area contributed by atoms with Crippen LogP contribution in [0.2, 0.25) is 0 Å². The SMILES string of the molecule is COc1ccc(OC)c(CCNC(=O)c2cnccn2)c1. The Labute approximate surface area is 123 Å². The van der Waals surface area contributed by atoms with Crippen molar-refractivity contribution in [2.24, 2.45) is 0 Å². The number of carbonyl (C=O) groups is 1. The summed E-state index contributed by atoms with van der Waals surface area (Å²) >= 11 is 0. The minimum absolute atomic E-state index is 0.245. The Bertz CT molecular complexity index is 602. The first kappa shape index (κ1) is 14.8. The highest BCUT2D eigenvalue weighted by Gasteiger charge is 2.08. The number of aromatic nitrogens is 2. The Balaban J connectivity index is 1.95. The second-order valence-corrected chi connectivity index (χ2v) is 4.27. The molecule has 0 aliphatic heterocycles. The van der Waals surface area contributed by atoms with Crippen molar-refractivity contribution >= 4 is 5.91 Å². The molecule has 0 saturated heterocycles. The molecule has 2 rings (SSSR count). The van der Waals surface area contributed by atoms with Crippen molar-refractivity contribution in [3.63, 3.8) is 0 Å². The lowest BCUT2D eigenvalue weighted by molar-refractivity contribution is 0.0948. The molecule has 0 fully saturated rings. The summed E-state index contributed by atoms with van der Waals surface area (Å²) in [6.45, 7) is 0.471. The largest absolute Gasteiger partial charge is 0.497 e. The minimum Gasteiger partial charge on any atom is -0.497 e. The quantitative estimate of drug-likeness (QED) is 0.871. The van der Waals surface area contributed by atoms with Crippen molar-refractivity contribution in [2.45, 2.75) is 6.42 Å².